The van der Waals surface area contributed by atoms with Crippen LogP contribution in [0, 0.1) is 0 Å². The van der Waals surface area contributed by atoms with E-state index in [0.29, 0.717) is 6.54 Å². The molecular weight excluding hydrogens is 236 g/mol. The van der Waals surface area contributed by atoms with Gasteiger partial charge in [-0.2, -0.15) is 0 Å². The van der Waals surface area contributed by atoms with Crippen molar-refractivity contribution >= 4 is 10.8 Å². The van der Waals surface area contributed by atoms with Crippen LogP contribution in [0.25, 0.3) is 10.8 Å². The highest BCUT2D eigenvalue weighted by molar-refractivity contribution is 5.84. The third-order valence-electron chi connectivity index (χ3n) is 3.39. The summed E-state index contributed by atoms with van der Waals surface area (Å²) in [4.78, 5) is 0. The van der Waals surface area contributed by atoms with Crippen molar-refractivity contribution in [3.63, 3.8) is 0 Å². The molecule has 0 saturated heterocycles. The van der Waals surface area contributed by atoms with Crippen LogP contribution >= 0.6 is 0 Å². The molecule has 3 nitrogen and oxygen atoms in total. The molecule has 0 aliphatic rings. The van der Waals surface area contributed by atoms with Gasteiger partial charge in [0.1, 0.15) is 5.75 Å². The van der Waals surface area contributed by atoms with Crippen LogP contribution in [0.5, 0.6) is 5.75 Å². The van der Waals surface area contributed by atoms with Gasteiger partial charge in [-0.15, -0.1) is 0 Å². The van der Waals surface area contributed by atoms with Gasteiger partial charge in [-0.1, -0.05) is 18.2 Å². The zero-order valence-corrected chi connectivity index (χ0v) is 11.9. The van der Waals surface area contributed by atoms with Crippen LogP contribution in [-0.2, 0) is 6.54 Å². The molecule has 0 unspecified atom stereocenters. The van der Waals surface area contributed by atoms with Crippen molar-refractivity contribution in [1.82, 2.24) is 5.32 Å². The van der Waals surface area contributed by atoms with E-state index in [1.807, 2.05) is 6.07 Å². The van der Waals surface area contributed by atoms with Crippen LogP contribution < -0.4 is 15.8 Å². The Morgan fingerprint density at radius 3 is 2.47 bits per heavy atom. The molecule has 0 aromatic heterocycles. The highest BCUT2D eigenvalue weighted by Gasteiger charge is 2.13. The summed E-state index contributed by atoms with van der Waals surface area (Å²) in [6, 6.07) is 12.6. The Balaban J connectivity index is 2.18. The molecule has 2 aromatic carbocycles. The van der Waals surface area contributed by atoms with Gasteiger partial charge >= 0.3 is 0 Å². The first-order valence-electron chi connectivity index (χ1n) is 6.56. The molecule has 0 heterocycles. The van der Waals surface area contributed by atoms with Crippen LogP contribution in [0.1, 0.15) is 19.4 Å². The maximum atomic E-state index is 5.72. The van der Waals surface area contributed by atoms with Crippen LogP contribution in [0.2, 0.25) is 0 Å². The number of nitrogens with one attached hydrogen (secondary N) is 1. The standard InChI is InChI=1S/C16H22N2O/c1-16(2,11-17)18-10-12-4-5-14-9-15(19-3)7-6-13(14)8-12/h4-9,18H,10-11,17H2,1-3H3. The summed E-state index contributed by atoms with van der Waals surface area (Å²) in [6.45, 7) is 5.67. The summed E-state index contributed by atoms with van der Waals surface area (Å²) in [5, 5.41) is 5.89. The number of fused-ring (bicyclic) bond motifs is 1. The lowest BCUT2D eigenvalue weighted by Gasteiger charge is -2.24. The van der Waals surface area contributed by atoms with Gasteiger partial charge < -0.3 is 15.8 Å². The van der Waals surface area contributed by atoms with Crippen molar-refractivity contribution < 1.29 is 4.74 Å². The first kappa shape index (κ1) is 13.8. The van der Waals surface area contributed by atoms with E-state index < -0.39 is 0 Å². The Kier molecular flexibility index (Phi) is 4.08. The van der Waals surface area contributed by atoms with E-state index in [0.717, 1.165) is 12.3 Å². The van der Waals surface area contributed by atoms with E-state index in [-0.39, 0.29) is 5.54 Å². The second-order valence-corrected chi connectivity index (χ2v) is 5.49. The molecule has 0 radical (unpaired) electrons. The lowest BCUT2D eigenvalue weighted by atomic mass is 10.0. The quantitative estimate of drug-likeness (QED) is 0.867. The molecule has 102 valence electrons. The topological polar surface area (TPSA) is 47.3 Å². The van der Waals surface area contributed by atoms with Gasteiger partial charge in [0, 0.05) is 18.6 Å². The summed E-state index contributed by atoms with van der Waals surface area (Å²) in [5.41, 5.74) is 6.95. The monoisotopic (exact) mass is 258 g/mol. The van der Waals surface area contributed by atoms with Crippen molar-refractivity contribution in [2.24, 2.45) is 5.73 Å². The van der Waals surface area contributed by atoms with Gasteiger partial charge in [0.25, 0.3) is 0 Å². The van der Waals surface area contributed by atoms with Gasteiger partial charge in [0.05, 0.1) is 7.11 Å². The van der Waals surface area contributed by atoms with Crippen molar-refractivity contribution in [3.05, 3.63) is 42.0 Å². The Hall–Kier alpha value is -1.58. The van der Waals surface area contributed by atoms with Crippen LogP contribution in [0.15, 0.2) is 36.4 Å². The highest BCUT2D eigenvalue weighted by Crippen LogP contribution is 2.22. The van der Waals surface area contributed by atoms with E-state index in [1.165, 1.54) is 16.3 Å². The molecule has 0 atom stereocenters. The fraction of sp³-hybridized carbons (Fsp3) is 0.375. The number of hydrogen-bond acceptors (Lipinski definition) is 3. The van der Waals surface area contributed by atoms with E-state index in [4.69, 9.17) is 10.5 Å². The third kappa shape index (κ3) is 3.46. The van der Waals surface area contributed by atoms with Crippen LogP contribution in [-0.4, -0.2) is 19.2 Å². The highest BCUT2D eigenvalue weighted by atomic mass is 16.5. The van der Waals surface area contributed by atoms with Crippen molar-refractivity contribution in [3.8, 4) is 5.75 Å². The zero-order valence-electron chi connectivity index (χ0n) is 11.9. The van der Waals surface area contributed by atoms with Crippen molar-refractivity contribution in [2.75, 3.05) is 13.7 Å². The Morgan fingerprint density at radius 2 is 1.79 bits per heavy atom. The van der Waals surface area contributed by atoms with Crippen LogP contribution in [0.4, 0.5) is 0 Å². The summed E-state index contributed by atoms with van der Waals surface area (Å²) >= 11 is 0. The maximum Gasteiger partial charge on any atom is 0.119 e. The van der Waals surface area contributed by atoms with E-state index in [2.05, 4.69) is 49.5 Å². The third-order valence-corrected chi connectivity index (χ3v) is 3.39. The molecule has 3 heteroatoms. The molecule has 0 amide bonds. The molecule has 0 fully saturated rings. The van der Waals surface area contributed by atoms with E-state index in [9.17, 15) is 0 Å². The number of ether oxygens (including phenoxy) is 1. The van der Waals surface area contributed by atoms with Gasteiger partial charge in [0.15, 0.2) is 0 Å². The number of methoxy groups -OCH3 is 1. The maximum absolute atomic E-state index is 5.72. The Morgan fingerprint density at radius 1 is 1.11 bits per heavy atom. The molecule has 19 heavy (non-hydrogen) atoms. The molecule has 0 saturated carbocycles. The average molecular weight is 258 g/mol. The SMILES string of the molecule is COc1ccc2cc(CNC(C)(C)CN)ccc2c1. The molecule has 0 aliphatic heterocycles. The molecule has 3 N–H and O–H groups in total. The van der Waals surface area contributed by atoms with E-state index >= 15 is 0 Å². The number of hydrogen-bond donors (Lipinski definition) is 2. The normalized spacial score (nSPS) is 11.8. The second-order valence-electron chi connectivity index (χ2n) is 5.49. The van der Waals surface area contributed by atoms with Crippen molar-refractivity contribution in [1.29, 1.82) is 0 Å². The minimum atomic E-state index is -0.0329. The molecule has 0 aliphatic carbocycles. The van der Waals surface area contributed by atoms with Crippen LogP contribution in [0.3, 0.4) is 0 Å². The van der Waals surface area contributed by atoms with Gasteiger partial charge in [0.2, 0.25) is 0 Å². The predicted octanol–water partition coefficient (Wildman–Crippen LogP) is 2.68. The summed E-state index contributed by atoms with van der Waals surface area (Å²) < 4.78 is 5.23. The molecule has 2 aromatic rings. The fourth-order valence-corrected chi connectivity index (χ4v) is 1.92. The Labute approximate surface area is 114 Å². The minimum Gasteiger partial charge on any atom is -0.497 e. The summed E-state index contributed by atoms with van der Waals surface area (Å²) in [5.74, 6) is 0.891. The van der Waals surface area contributed by atoms with Gasteiger partial charge in [-0.05, 0) is 48.4 Å². The molecule has 0 bridgehead atoms. The Bertz CT molecular complexity index is 564. The first-order valence-corrected chi connectivity index (χ1v) is 6.56. The van der Waals surface area contributed by atoms with Gasteiger partial charge in [-0.25, -0.2) is 0 Å². The fourth-order valence-electron chi connectivity index (χ4n) is 1.92. The number of benzene rings is 2. The first-order chi connectivity index (χ1) is 9.04. The molecule has 2 rings (SSSR count). The smallest absolute Gasteiger partial charge is 0.119 e. The number of nitrogens with two attached hydrogens (primary N) is 1. The lowest BCUT2D eigenvalue weighted by Crippen LogP contribution is -2.45. The summed E-state index contributed by atoms with van der Waals surface area (Å²) in [6.07, 6.45) is 0. The number of rotatable bonds is 5. The second kappa shape index (κ2) is 5.59. The predicted molar refractivity (Wildman–Crippen MR) is 80.5 cm³/mol. The minimum absolute atomic E-state index is 0.0329. The molecule has 0 spiro atoms. The van der Waals surface area contributed by atoms with E-state index in [1.54, 1.807) is 7.11 Å². The lowest BCUT2D eigenvalue weighted by molar-refractivity contribution is 0.397. The summed E-state index contributed by atoms with van der Waals surface area (Å²) in [7, 11) is 1.69. The van der Waals surface area contributed by atoms with Crippen molar-refractivity contribution in [2.45, 2.75) is 25.9 Å². The average Bonchev–Trinajstić information content (AvgIpc) is 2.44. The largest absolute Gasteiger partial charge is 0.497 e. The zero-order chi connectivity index (χ0) is 13.9. The van der Waals surface area contributed by atoms with Gasteiger partial charge in [-0.3, -0.25) is 0 Å². The molecular formula is C16H22N2O.